The normalized spacial score (nSPS) is 13.5. The summed E-state index contributed by atoms with van der Waals surface area (Å²) in [4.78, 5) is 24.9. The van der Waals surface area contributed by atoms with Crippen molar-refractivity contribution in [3.63, 3.8) is 0 Å². The molecule has 1 fully saturated rings. The van der Waals surface area contributed by atoms with Crippen LogP contribution in [0.15, 0.2) is 29.1 Å². The number of hydrogen-bond acceptors (Lipinski definition) is 4. The van der Waals surface area contributed by atoms with Crippen LogP contribution in [0.4, 0.5) is 0 Å². The van der Waals surface area contributed by atoms with Crippen molar-refractivity contribution in [3.05, 3.63) is 40.3 Å². The van der Waals surface area contributed by atoms with Gasteiger partial charge in [-0.1, -0.05) is 25.1 Å². The van der Waals surface area contributed by atoms with Gasteiger partial charge in [-0.25, -0.2) is 4.68 Å². The van der Waals surface area contributed by atoms with Gasteiger partial charge in [0.05, 0.1) is 5.39 Å². The van der Waals surface area contributed by atoms with E-state index >= 15 is 0 Å². The number of hydrogen-bond donors (Lipinski definition) is 3. The number of benzene rings is 1. The molecule has 0 radical (unpaired) electrons. The van der Waals surface area contributed by atoms with Gasteiger partial charge >= 0.3 is 0 Å². The number of nitrogens with one attached hydrogen (secondary N) is 3. The number of carbonyl (C=O) groups excluding carboxylic acids is 1. The number of aryl methyl sites for hydroxylation is 1. The summed E-state index contributed by atoms with van der Waals surface area (Å²) in [7, 11) is 0. The van der Waals surface area contributed by atoms with Crippen molar-refractivity contribution in [2.45, 2.75) is 38.8 Å². The molecule has 0 aliphatic heterocycles. The lowest BCUT2D eigenvalue weighted by Crippen LogP contribution is -2.47. The molecule has 8 heteroatoms. The van der Waals surface area contributed by atoms with Crippen molar-refractivity contribution in [1.82, 2.24) is 25.9 Å². The zero-order valence-electron chi connectivity index (χ0n) is 13.3. The van der Waals surface area contributed by atoms with E-state index < -0.39 is 5.91 Å². The van der Waals surface area contributed by atoms with Crippen LogP contribution in [-0.4, -0.2) is 26.8 Å². The Morgan fingerprint density at radius 1 is 1.29 bits per heavy atom. The molecule has 1 amide bonds. The SMILES string of the molecule is CCCn1nc(C(=O)NNC(=S)NC2CC2)c2ccccc2c1=O. The van der Waals surface area contributed by atoms with Crippen LogP contribution in [-0.2, 0) is 6.54 Å². The molecule has 24 heavy (non-hydrogen) atoms. The minimum atomic E-state index is -0.434. The van der Waals surface area contributed by atoms with Crippen LogP contribution in [0.2, 0.25) is 0 Å². The van der Waals surface area contributed by atoms with E-state index in [1.807, 2.05) is 6.92 Å². The van der Waals surface area contributed by atoms with Crippen LogP contribution in [0.5, 0.6) is 0 Å². The van der Waals surface area contributed by atoms with Crippen LogP contribution in [0, 0.1) is 0 Å². The van der Waals surface area contributed by atoms with Crippen molar-refractivity contribution in [2.24, 2.45) is 0 Å². The number of carbonyl (C=O) groups is 1. The lowest BCUT2D eigenvalue weighted by atomic mass is 10.1. The Balaban J connectivity index is 1.86. The van der Waals surface area contributed by atoms with Gasteiger partial charge < -0.3 is 5.32 Å². The molecule has 1 saturated carbocycles. The average Bonchev–Trinajstić information content (AvgIpc) is 3.39. The van der Waals surface area contributed by atoms with Crippen molar-refractivity contribution in [3.8, 4) is 0 Å². The number of nitrogens with zero attached hydrogens (tertiary/aromatic N) is 2. The molecular formula is C16H19N5O2S. The molecule has 1 aromatic carbocycles. The van der Waals surface area contributed by atoms with Gasteiger partial charge in [-0.3, -0.25) is 20.4 Å². The summed E-state index contributed by atoms with van der Waals surface area (Å²) in [5.74, 6) is -0.434. The summed E-state index contributed by atoms with van der Waals surface area (Å²) >= 11 is 5.11. The van der Waals surface area contributed by atoms with E-state index in [2.05, 4.69) is 21.3 Å². The van der Waals surface area contributed by atoms with Crippen LogP contribution in [0.25, 0.3) is 10.8 Å². The van der Waals surface area contributed by atoms with Crippen molar-refractivity contribution < 1.29 is 4.79 Å². The molecule has 126 valence electrons. The van der Waals surface area contributed by atoms with Gasteiger partial charge in [0.2, 0.25) is 0 Å². The van der Waals surface area contributed by atoms with Crippen molar-refractivity contribution in [2.75, 3.05) is 0 Å². The maximum atomic E-state index is 12.5. The standard InChI is InChI=1S/C16H19N5O2S/c1-2-9-21-15(23)12-6-4-3-5-11(12)13(20-21)14(22)18-19-16(24)17-10-7-8-10/h3-6,10H,2,7-9H2,1H3,(H,18,22)(H2,17,19,24). The van der Waals surface area contributed by atoms with E-state index in [-0.39, 0.29) is 11.3 Å². The van der Waals surface area contributed by atoms with E-state index in [1.54, 1.807) is 24.3 Å². The highest BCUT2D eigenvalue weighted by atomic mass is 32.1. The molecule has 1 aliphatic carbocycles. The third-order valence-electron chi connectivity index (χ3n) is 3.72. The number of amides is 1. The highest BCUT2D eigenvalue weighted by molar-refractivity contribution is 7.80. The first kappa shape index (κ1) is 16.4. The zero-order valence-corrected chi connectivity index (χ0v) is 14.2. The van der Waals surface area contributed by atoms with E-state index in [4.69, 9.17) is 12.2 Å². The van der Waals surface area contributed by atoms with Gasteiger partial charge in [-0.2, -0.15) is 5.10 Å². The second kappa shape index (κ2) is 6.96. The molecule has 1 aliphatic rings. The Morgan fingerprint density at radius 3 is 2.67 bits per heavy atom. The first-order valence-corrected chi connectivity index (χ1v) is 8.37. The third-order valence-corrected chi connectivity index (χ3v) is 3.94. The van der Waals surface area contributed by atoms with E-state index in [0.29, 0.717) is 28.5 Å². The second-order valence-corrected chi connectivity index (χ2v) is 6.16. The van der Waals surface area contributed by atoms with E-state index in [1.165, 1.54) is 4.68 Å². The van der Waals surface area contributed by atoms with Crippen LogP contribution < -0.4 is 21.7 Å². The fraction of sp³-hybridized carbons (Fsp3) is 0.375. The molecule has 0 atom stereocenters. The Hall–Kier alpha value is -2.48. The van der Waals surface area contributed by atoms with E-state index in [0.717, 1.165) is 19.3 Å². The number of aromatic nitrogens is 2. The lowest BCUT2D eigenvalue weighted by Gasteiger charge is -2.13. The van der Waals surface area contributed by atoms with Crippen molar-refractivity contribution in [1.29, 1.82) is 0 Å². The summed E-state index contributed by atoms with van der Waals surface area (Å²) in [5.41, 5.74) is 5.22. The highest BCUT2D eigenvalue weighted by Gasteiger charge is 2.22. The third kappa shape index (κ3) is 3.53. The molecule has 7 nitrogen and oxygen atoms in total. The molecule has 1 heterocycles. The molecule has 2 aromatic rings. The fourth-order valence-electron chi connectivity index (χ4n) is 2.39. The van der Waals surface area contributed by atoms with Crippen LogP contribution >= 0.6 is 12.2 Å². The molecule has 3 rings (SSSR count). The Labute approximate surface area is 144 Å². The Bertz CT molecular complexity index is 844. The molecule has 0 unspecified atom stereocenters. The first-order chi connectivity index (χ1) is 11.6. The molecule has 0 saturated heterocycles. The number of fused-ring (bicyclic) bond motifs is 1. The maximum Gasteiger partial charge on any atom is 0.290 e. The highest BCUT2D eigenvalue weighted by Crippen LogP contribution is 2.18. The van der Waals surface area contributed by atoms with Gasteiger partial charge in [-0.15, -0.1) is 0 Å². The summed E-state index contributed by atoms with van der Waals surface area (Å²) in [6, 6.07) is 7.36. The van der Waals surface area contributed by atoms with E-state index in [9.17, 15) is 9.59 Å². The Kier molecular flexibility index (Phi) is 4.75. The summed E-state index contributed by atoms with van der Waals surface area (Å²) in [6.45, 7) is 2.41. The minimum Gasteiger partial charge on any atom is -0.359 e. The predicted molar refractivity (Wildman–Crippen MR) is 95.7 cm³/mol. The van der Waals surface area contributed by atoms with Crippen molar-refractivity contribution >= 4 is 34.0 Å². The van der Waals surface area contributed by atoms with Crippen LogP contribution in [0.3, 0.4) is 0 Å². The lowest BCUT2D eigenvalue weighted by molar-refractivity contribution is 0.0938. The predicted octanol–water partition coefficient (Wildman–Crippen LogP) is 1.08. The summed E-state index contributed by atoms with van der Waals surface area (Å²) in [6.07, 6.45) is 2.92. The summed E-state index contributed by atoms with van der Waals surface area (Å²) in [5, 5.41) is 8.67. The molecule has 1 aromatic heterocycles. The van der Waals surface area contributed by atoms with Crippen LogP contribution in [0.1, 0.15) is 36.7 Å². The second-order valence-electron chi connectivity index (χ2n) is 5.75. The monoisotopic (exact) mass is 345 g/mol. The fourth-order valence-corrected chi connectivity index (χ4v) is 2.61. The van der Waals surface area contributed by atoms with Gasteiger partial charge in [0, 0.05) is 18.0 Å². The van der Waals surface area contributed by atoms with Gasteiger partial charge in [0.25, 0.3) is 11.5 Å². The molecule has 0 spiro atoms. The zero-order chi connectivity index (χ0) is 17.1. The van der Waals surface area contributed by atoms with Gasteiger partial charge in [-0.05, 0) is 37.5 Å². The average molecular weight is 345 g/mol. The Morgan fingerprint density at radius 2 is 2.00 bits per heavy atom. The number of rotatable bonds is 4. The molecule has 0 bridgehead atoms. The quantitative estimate of drug-likeness (QED) is 0.568. The summed E-state index contributed by atoms with van der Waals surface area (Å²) < 4.78 is 1.33. The minimum absolute atomic E-state index is 0.192. The number of thiocarbonyl (C=S) groups is 1. The van der Waals surface area contributed by atoms with Gasteiger partial charge in [0.15, 0.2) is 10.8 Å². The largest absolute Gasteiger partial charge is 0.359 e. The molecule has 3 N–H and O–H groups in total. The smallest absolute Gasteiger partial charge is 0.290 e. The topological polar surface area (TPSA) is 88.1 Å². The number of hydrazine groups is 1. The van der Waals surface area contributed by atoms with Gasteiger partial charge in [0.1, 0.15) is 0 Å². The molecular weight excluding hydrogens is 326 g/mol. The maximum absolute atomic E-state index is 12.5. The first-order valence-electron chi connectivity index (χ1n) is 7.97.